The lowest BCUT2D eigenvalue weighted by molar-refractivity contribution is 0.0697. The van der Waals surface area contributed by atoms with Gasteiger partial charge in [-0.2, -0.15) is 5.10 Å². The summed E-state index contributed by atoms with van der Waals surface area (Å²) in [4.78, 5) is 15.6. The zero-order valence-electron chi connectivity index (χ0n) is 12.6. The maximum atomic E-state index is 11.5. The number of carboxylic acid groups (broad SMARTS) is 1. The average Bonchev–Trinajstić information content (AvgIpc) is 2.70. The predicted octanol–water partition coefficient (Wildman–Crippen LogP) is 1.40. The number of pyridine rings is 1. The van der Waals surface area contributed by atoms with Crippen LogP contribution < -0.4 is 5.32 Å². The molecule has 3 N–H and O–H groups in total. The molecule has 0 spiro atoms. The number of fused-ring (bicyclic) bond motifs is 1. The van der Waals surface area contributed by atoms with Gasteiger partial charge in [0.2, 0.25) is 0 Å². The largest absolute Gasteiger partial charge is 0.478 e. The van der Waals surface area contributed by atoms with Gasteiger partial charge in [-0.3, -0.25) is 4.68 Å². The van der Waals surface area contributed by atoms with Crippen LogP contribution in [0.1, 0.15) is 29.9 Å². The number of rotatable bonds is 5. The van der Waals surface area contributed by atoms with Crippen LogP contribution in [0.5, 0.6) is 0 Å². The molecule has 0 unspecified atom stereocenters. The highest BCUT2D eigenvalue weighted by Crippen LogP contribution is 2.29. The van der Waals surface area contributed by atoms with Gasteiger partial charge in [-0.25, -0.2) is 9.78 Å². The second-order valence-corrected chi connectivity index (χ2v) is 5.44. The van der Waals surface area contributed by atoms with Crippen molar-refractivity contribution in [3.63, 3.8) is 0 Å². The quantitative estimate of drug-likeness (QED) is 0.770. The highest BCUT2D eigenvalue weighted by molar-refractivity contribution is 6.04. The van der Waals surface area contributed by atoms with Gasteiger partial charge in [0.1, 0.15) is 5.56 Å². The average molecular weight is 292 g/mol. The minimum atomic E-state index is -1.06. The van der Waals surface area contributed by atoms with Gasteiger partial charge >= 0.3 is 5.97 Å². The number of aliphatic hydroxyl groups is 1. The van der Waals surface area contributed by atoms with E-state index in [4.69, 9.17) is 0 Å². The topological polar surface area (TPSA) is 100 Å². The molecule has 0 saturated heterocycles. The standard InChI is InChI=1S/C14H20N4O3/c1-7(2)10(6-19)16-12-9(14(20)21)5-15-13-11(12)8(3)17-18(13)4/h5,7,10,19H,6H2,1-4H3,(H,15,16)(H,20,21)/t10-/m1/s1. The Hall–Kier alpha value is -2.15. The Bertz CT molecular complexity index is 678. The summed E-state index contributed by atoms with van der Waals surface area (Å²) in [7, 11) is 1.76. The lowest BCUT2D eigenvalue weighted by Gasteiger charge is -2.22. The molecule has 0 radical (unpaired) electrons. The first-order valence-electron chi connectivity index (χ1n) is 6.79. The van der Waals surface area contributed by atoms with Crippen molar-refractivity contribution in [2.75, 3.05) is 11.9 Å². The Morgan fingerprint density at radius 2 is 2.14 bits per heavy atom. The molecule has 0 aliphatic carbocycles. The fourth-order valence-corrected chi connectivity index (χ4v) is 2.33. The first-order chi connectivity index (χ1) is 9.86. The Morgan fingerprint density at radius 1 is 1.48 bits per heavy atom. The molecule has 7 nitrogen and oxygen atoms in total. The van der Waals surface area contributed by atoms with Crippen LogP contribution in [0, 0.1) is 12.8 Å². The Balaban J connectivity index is 2.67. The molecule has 0 saturated carbocycles. The molecule has 1 atom stereocenters. The van der Waals surface area contributed by atoms with Crippen molar-refractivity contribution in [2.45, 2.75) is 26.8 Å². The molecule has 0 bridgehead atoms. The zero-order chi connectivity index (χ0) is 15.7. The number of aliphatic hydroxyl groups excluding tert-OH is 1. The predicted molar refractivity (Wildman–Crippen MR) is 79.5 cm³/mol. The van der Waals surface area contributed by atoms with E-state index < -0.39 is 5.97 Å². The number of anilines is 1. The van der Waals surface area contributed by atoms with Crippen molar-refractivity contribution in [3.05, 3.63) is 17.5 Å². The number of aromatic nitrogens is 3. The number of carbonyl (C=O) groups is 1. The Kier molecular flexibility index (Phi) is 4.13. The molecule has 2 aromatic heterocycles. The maximum absolute atomic E-state index is 11.5. The van der Waals surface area contributed by atoms with Crippen LogP contribution in [0.4, 0.5) is 5.69 Å². The Morgan fingerprint density at radius 3 is 2.67 bits per heavy atom. The van der Waals surface area contributed by atoms with Gasteiger partial charge in [0.25, 0.3) is 0 Å². The van der Waals surface area contributed by atoms with E-state index in [1.54, 1.807) is 11.7 Å². The molecular formula is C14H20N4O3. The van der Waals surface area contributed by atoms with Gasteiger partial charge in [-0.05, 0) is 12.8 Å². The van der Waals surface area contributed by atoms with Crippen molar-refractivity contribution in [2.24, 2.45) is 13.0 Å². The minimum absolute atomic E-state index is 0.0812. The maximum Gasteiger partial charge on any atom is 0.339 e. The first kappa shape index (κ1) is 15.2. The highest BCUT2D eigenvalue weighted by Gasteiger charge is 2.22. The van der Waals surface area contributed by atoms with Crippen LogP contribution in [0.25, 0.3) is 11.0 Å². The van der Waals surface area contributed by atoms with E-state index in [9.17, 15) is 15.0 Å². The van der Waals surface area contributed by atoms with Gasteiger partial charge in [-0.15, -0.1) is 0 Å². The number of nitrogens with zero attached hydrogens (tertiary/aromatic N) is 3. The second-order valence-electron chi connectivity index (χ2n) is 5.44. The molecule has 7 heteroatoms. The summed E-state index contributed by atoms with van der Waals surface area (Å²) in [6, 6.07) is -0.242. The van der Waals surface area contributed by atoms with Crippen molar-refractivity contribution >= 4 is 22.7 Å². The monoisotopic (exact) mass is 292 g/mol. The lowest BCUT2D eigenvalue weighted by Crippen LogP contribution is -2.30. The number of carboxylic acids is 1. The fourth-order valence-electron chi connectivity index (χ4n) is 2.33. The Labute approximate surface area is 122 Å². The molecule has 2 heterocycles. The van der Waals surface area contributed by atoms with Gasteiger partial charge in [0.15, 0.2) is 5.65 Å². The molecule has 0 aliphatic rings. The number of hydrogen-bond acceptors (Lipinski definition) is 5. The summed E-state index contributed by atoms with van der Waals surface area (Å²) in [5, 5.41) is 27.0. The third-order valence-corrected chi connectivity index (χ3v) is 3.59. The summed E-state index contributed by atoms with van der Waals surface area (Å²) >= 11 is 0. The molecular weight excluding hydrogens is 272 g/mol. The summed E-state index contributed by atoms with van der Waals surface area (Å²) in [6.45, 7) is 5.65. The number of aromatic carboxylic acids is 1. The molecule has 0 fully saturated rings. The van der Waals surface area contributed by atoms with E-state index in [1.807, 2.05) is 20.8 Å². The lowest BCUT2D eigenvalue weighted by atomic mass is 10.0. The van der Waals surface area contributed by atoms with Crippen molar-refractivity contribution < 1.29 is 15.0 Å². The normalized spacial score (nSPS) is 12.9. The molecule has 0 amide bonds. The number of hydrogen-bond donors (Lipinski definition) is 3. The van der Waals surface area contributed by atoms with E-state index in [0.29, 0.717) is 22.4 Å². The van der Waals surface area contributed by atoms with E-state index in [2.05, 4.69) is 15.4 Å². The molecule has 0 aromatic carbocycles. The van der Waals surface area contributed by atoms with Crippen LogP contribution in [-0.2, 0) is 7.05 Å². The molecule has 21 heavy (non-hydrogen) atoms. The number of nitrogens with one attached hydrogen (secondary N) is 1. The summed E-state index contributed by atoms with van der Waals surface area (Å²) < 4.78 is 1.62. The van der Waals surface area contributed by atoms with Crippen molar-refractivity contribution in [1.82, 2.24) is 14.8 Å². The summed E-state index contributed by atoms with van der Waals surface area (Å²) in [5.41, 5.74) is 1.86. The highest BCUT2D eigenvalue weighted by atomic mass is 16.4. The summed E-state index contributed by atoms with van der Waals surface area (Å²) in [5.74, 6) is -0.910. The van der Waals surface area contributed by atoms with Gasteiger partial charge in [0, 0.05) is 13.2 Å². The smallest absolute Gasteiger partial charge is 0.339 e. The molecule has 114 valence electrons. The summed E-state index contributed by atoms with van der Waals surface area (Å²) in [6.07, 6.45) is 1.32. The van der Waals surface area contributed by atoms with E-state index in [1.165, 1.54) is 6.20 Å². The SMILES string of the molecule is Cc1nn(C)c2ncc(C(=O)O)c(N[C@H](CO)C(C)C)c12. The zero-order valence-corrected chi connectivity index (χ0v) is 12.6. The van der Waals surface area contributed by atoms with Crippen LogP contribution in [0.15, 0.2) is 6.20 Å². The van der Waals surface area contributed by atoms with Gasteiger partial charge in [0.05, 0.1) is 29.4 Å². The van der Waals surface area contributed by atoms with Gasteiger partial charge < -0.3 is 15.5 Å². The first-order valence-corrected chi connectivity index (χ1v) is 6.79. The van der Waals surface area contributed by atoms with Crippen molar-refractivity contribution in [1.29, 1.82) is 0 Å². The van der Waals surface area contributed by atoms with Crippen LogP contribution in [0.3, 0.4) is 0 Å². The van der Waals surface area contributed by atoms with Gasteiger partial charge in [-0.1, -0.05) is 13.8 Å². The van der Waals surface area contributed by atoms with E-state index in [0.717, 1.165) is 0 Å². The molecule has 2 aromatic rings. The van der Waals surface area contributed by atoms with Crippen LogP contribution in [0.2, 0.25) is 0 Å². The molecule has 0 aliphatic heterocycles. The molecule has 2 rings (SSSR count). The minimum Gasteiger partial charge on any atom is -0.478 e. The van der Waals surface area contributed by atoms with Crippen LogP contribution in [-0.4, -0.2) is 43.6 Å². The third kappa shape index (κ3) is 2.69. The fraction of sp³-hybridized carbons (Fsp3) is 0.500. The third-order valence-electron chi connectivity index (χ3n) is 3.59. The van der Waals surface area contributed by atoms with Crippen LogP contribution >= 0.6 is 0 Å². The van der Waals surface area contributed by atoms with E-state index >= 15 is 0 Å². The number of aryl methyl sites for hydroxylation is 2. The van der Waals surface area contributed by atoms with Crippen molar-refractivity contribution in [3.8, 4) is 0 Å². The second kappa shape index (κ2) is 5.69. The van der Waals surface area contributed by atoms with E-state index in [-0.39, 0.29) is 24.1 Å².